The molecule has 1 aromatic rings. The van der Waals surface area contributed by atoms with E-state index in [2.05, 4.69) is 4.98 Å². The SMILES string of the molecule is F.F.F.F.F.F.[O]=[Sb]([OH])[OH].[O]=[Sb]([OH])[OH].[O]=[Sb]([OH])[OH].[O]=[Sb]([OH])[OH].[O]=[Sb]([OH])[OH].[O]=[Sb]([OH])[OH].c1ccncc1. The molecule has 0 fully saturated rings. The van der Waals surface area contributed by atoms with Gasteiger partial charge in [-0.15, -0.1) is 0 Å². The van der Waals surface area contributed by atoms with E-state index in [0.717, 1.165) is 0 Å². The van der Waals surface area contributed by atoms with E-state index in [9.17, 15) is 0 Å². The third kappa shape index (κ3) is 694. The number of hydrogen-bond acceptors (Lipinski definition) is 7. The Bertz CT molecular complexity index is 463. The van der Waals surface area contributed by atoms with Crippen molar-refractivity contribution < 1.29 is 87.0 Å². The number of hydrogen-bond donors (Lipinski definition) is 12. The molecule has 19 nitrogen and oxygen atoms in total. The number of pyridine rings is 1. The number of nitrogens with zero attached hydrogens (tertiary/aromatic N) is 1. The average molecular weight is 1230 g/mol. The smallest absolute Gasteiger partial charge is 0.0267 e. The second-order valence-corrected chi connectivity index (χ2v) is 11.2. The Morgan fingerprint density at radius 1 is 0.333 bits per heavy atom. The van der Waals surface area contributed by atoms with Crippen LogP contribution >= 0.6 is 0 Å². The van der Waals surface area contributed by atoms with Crippen LogP contribution < -0.4 is 0 Å². The van der Waals surface area contributed by atoms with Crippen molar-refractivity contribution in [2.24, 2.45) is 0 Å². The number of halogens is 6. The Morgan fingerprint density at radius 2 is 0.444 bits per heavy atom. The molecule has 0 saturated heterocycles. The van der Waals surface area contributed by atoms with Gasteiger partial charge in [0.15, 0.2) is 0 Å². The second-order valence-electron chi connectivity index (χ2n) is 2.54. The quantitative estimate of drug-likeness (QED) is 0.0848. The van der Waals surface area contributed by atoms with Gasteiger partial charge in [-0.3, -0.25) is 33.2 Å². The third-order valence-electron chi connectivity index (χ3n) is 0.566. The van der Waals surface area contributed by atoms with Gasteiger partial charge in [-0.05, 0) is 12.1 Å². The summed E-state index contributed by atoms with van der Waals surface area (Å²) in [7, 11) is 0. The maximum atomic E-state index is 8.82. The molecule has 0 bridgehead atoms. The second kappa shape index (κ2) is 70.9. The molecule has 1 aromatic heterocycles. The molecule has 0 aliphatic rings. The van der Waals surface area contributed by atoms with Crippen molar-refractivity contribution in [3.8, 4) is 0 Å². The predicted molar refractivity (Wildman–Crippen MR) is 105 cm³/mol. The minimum absolute atomic E-state index is 0. The molecule has 31 heteroatoms. The van der Waals surface area contributed by atoms with Crippen molar-refractivity contribution in [3.63, 3.8) is 0 Å². The van der Waals surface area contributed by atoms with Crippen molar-refractivity contribution in [3.05, 3.63) is 30.6 Å². The Hall–Kier alpha value is 1.96. The van der Waals surface area contributed by atoms with E-state index in [4.69, 9.17) is 58.7 Å². The Morgan fingerprint density at radius 3 is 0.472 bits per heavy atom. The summed E-state index contributed by atoms with van der Waals surface area (Å²) in [5, 5.41) is 0. The first-order chi connectivity index (χ1) is 13.4. The van der Waals surface area contributed by atoms with Gasteiger partial charge in [0.25, 0.3) is 0 Å². The van der Waals surface area contributed by atoms with Crippen LogP contribution in [0.4, 0.5) is 28.2 Å². The summed E-state index contributed by atoms with van der Waals surface area (Å²) in [4.78, 5) is 3.78. The van der Waals surface area contributed by atoms with Gasteiger partial charge in [0.1, 0.15) is 0 Å². The fourth-order valence-corrected chi connectivity index (χ4v) is 0.313. The molecule has 0 aliphatic heterocycles. The largest absolute Gasteiger partial charge is 0.265 e. The molecule has 0 aromatic carbocycles. The van der Waals surface area contributed by atoms with Crippen molar-refractivity contribution in [2.75, 3.05) is 0 Å². The molecular formula is C5H23F6NO18Sb6. The van der Waals surface area contributed by atoms with E-state index in [1.165, 1.54) is 0 Å². The first kappa shape index (κ1) is 76.9. The molecule has 1 heterocycles. The van der Waals surface area contributed by atoms with Gasteiger partial charge in [0, 0.05) is 12.4 Å². The van der Waals surface area contributed by atoms with Gasteiger partial charge in [0.2, 0.25) is 0 Å². The van der Waals surface area contributed by atoms with Crippen molar-refractivity contribution >= 4 is 126 Å². The van der Waals surface area contributed by atoms with Crippen LogP contribution in [0, 0.1) is 0 Å². The molecule has 0 unspecified atom stereocenters. The Kier molecular flexibility index (Phi) is 152. The van der Waals surface area contributed by atoms with Crippen molar-refractivity contribution in [1.29, 1.82) is 0 Å². The molecule has 1 rings (SSSR count). The van der Waals surface area contributed by atoms with Crippen molar-refractivity contribution in [2.45, 2.75) is 0 Å². The maximum absolute atomic E-state index is 8.82. The van der Waals surface area contributed by atoms with Crippen molar-refractivity contribution in [1.82, 2.24) is 4.98 Å². The Labute approximate surface area is 245 Å². The van der Waals surface area contributed by atoms with Gasteiger partial charge in [-0.1, -0.05) is 6.07 Å². The van der Waals surface area contributed by atoms with Crippen LogP contribution in [-0.2, 0) is 18.1 Å². The van der Waals surface area contributed by atoms with Crippen LogP contribution in [0.2, 0.25) is 0 Å². The fraction of sp³-hybridized carbons (Fsp3) is 0. The molecule has 0 atom stereocenters. The van der Waals surface area contributed by atoms with E-state index >= 15 is 0 Å². The molecular weight excluding hydrogens is 1210 g/mol. The zero-order valence-electron chi connectivity index (χ0n) is 16.3. The number of aromatic nitrogens is 1. The standard InChI is InChI=1S/C5H5N.6FH.12H2O.6O.6Sb/c1-2-4-6-5-3-1;;;;;;;;;;;;;;;;;;;;;;;;;;;;;;/h1-5H;6*1H;12*1H2;;;;;;;;;;;;/q;;;;;;;;;;;;;;;;;;;;;;;;;6*+2/p-12. The van der Waals surface area contributed by atoms with Gasteiger partial charge in [0.05, 0.1) is 0 Å². The minimum Gasteiger partial charge on any atom is -0.265 e. The summed E-state index contributed by atoms with van der Waals surface area (Å²) in [6, 6.07) is 5.72. The van der Waals surface area contributed by atoms with Crippen LogP contribution in [0.5, 0.6) is 0 Å². The van der Waals surface area contributed by atoms with E-state index in [0.29, 0.717) is 0 Å². The normalized spacial score (nSPS) is 5.67. The molecule has 0 aliphatic carbocycles. The first-order valence-electron chi connectivity index (χ1n) is 5.35. The van der Waals surface area contributed by atoms with E-state index in [1.54, 1.807) is 12.4 Å². The van der Waals surface area contributed by atoms with Crippen LogP contribution in [-0.4, -0.2) is 172 Å². The van der Waals surface area contributed by atoms with Crippen LogP contribution in [0.1, 0.15) is 0 Å². The third-order valence-corrected chi connectivity index (χ3v) is 0.566. The van der Waals surface area contributed by atoms with E-state index in [1.807, 2.05) is 18.2 Å². The molecule has 36 heavy (non-hydrogen) atoms. The molecule has 0 amide bonds. The topological polar surface area (TPSA) is 358 Å². The number of rotatable bonds is 0. The minimum atomic E-state index is -3.70. The van der Waals surface area contributed by atoms with Crippen LogP contribution in [0.3, 0.4) is 0 Å². The summed E-state index contributed by atoms with van der Waals surface area (Å²) < 4.78 is 140. The van der Waals surface area contributed by atoms with Gasteiger partial charge in [-0.2, -0.15) is 0 Å². The summed E-state index contributed by atoms with van der Waals surface area (Å²) in [5.74, 6) is 0. The van der Waals surface area contributed by atoms with E-state index in [-0.39, 0.29) is 28.2 Å². The summed E-state index contributed by atoms with van der Waals surface area (Å²) in [5.41, 5.74) is 0. The van der Waals surface area contributed by atoms with Gasteiger partial charge >= 0.3 is 185 Å². The predicted octanol–water partition coefficient (Wildman–Crippen LogP) is -7.68. The van der Waals surface area contributed by atoms with E-state index < -0.39 is 126 Å². The monoisotopic (exact) mass is 1220 g/mol. The zero-order chi connectivity index (χ0) is 25.7. The molecule has 228 valence electrons. The Balaban J connectivity index is -0.0000000183. The molecule has 12 N–H and O–H groups in total. The summed E-state index contributed by atoms with van der Waals surface area (Å²) in [6.07, 6.45) is 3.50. The van der Waals surface area contributed by atoms with Gasteiger partial charge < -0.3 is 0 Å². The molecule has 0 saturated carbocycles. The summed E-state index contributed by atoms with van der Waals surface area (Å²) in [6.45, 7) is 0. The first-order valence-corrected chi connectivity index (χ1v) is 25.3. The molecule has 0 spiro atoms. The average Bonchev–Trinajstić information content (AvgIpc) is 2.45. The van der Waals surface area contributed by atoms with Crippen LogP contribution in [0.25, 0.3) is 0 Å². The summed E-state index contributed by atoms with van der Waals surface area (Å²) >= 11 is -22.2. The maximum Gasteiger partial charge on any atom is 0.0267 e. The molecule has 6 radical (unpaired) electrons. The van der Waals surface area contributed by atoms with Crippen LogP contribution in [0.15, 0.2) is 30.6 Å². The van der Waals surface area contributed by atoms with Gasteiger partial charge in [-0.25, -0.2) is 0 Å². The fourth-order valence-electron chi connectivity index (χ4n) is 0.313. The zero-order valence-corrected chi connectivity index (χ0v) is 31.6.